The van der Waals surface area contributed by atoms with E-state index in [1.54, 1.807) is 22.7 Å². The Labute approximate surface area is 138 Å². The van der Waals surface area contributed by atoms with Crippen molar-refractivity contribution in [3.8, 4) is 10.6 Å². The summed E-state index contributed by atoms with van der Waals surface area (Å²) < 4.78 is 12.2. The Bertz CT molecular complexity index is 752. The van der Waals surface area contributed by atoms with Gasteiger partial charge in [0.05, 0.1) is 17.2 Å². The fourth-order valence-electron chi connectivity index (χ4n) is 1.90. The molecule has 1 atom stereocenters. The maximum absolute atomic E-state index is 12.2. The first kappa shape index (κ1) is 14.9. The quantitative estimate of drug-likeness (QED) is 0.647. The zero-order chi connectivity index (χ0) is 14.7. The Morgan fingerprint density at radius 2 is 2.00 bits per heavy atom. The first-order chi connectivity index (χ1) is 10.2. The minimum Gasteiger partial charge on any atom is -0.259 e. The third-order valence-corrected chi connectivity index (χ3v) is 6.15. The molecule has 0 radical (unpaired) electrons. The number of rotatable bonds is 5. The molecule has 3 aromatic rings. The summed E-state index contributed by atoms with van der Waals surface area (Å²) in [4.78, 5) is 4.56. The molecular weight excluding hydrogens is 342 g/mol. The summed E-state index contributed by atoms with van der Waals surface area (Å²) >= 11 is 9.34. The van der Waals surface area contributed by atoms with E-state index < -0.39 is 10.8 Å². The molecule has 108 valence electrons. The number of hydrogen-bond acceptors (Lipinski definition) is 4. The summed E-state index contributed by atoms with van der Waals surface area (Å²) in [5.74, 6) is 0.927. The van der Waals surface area contributed by atoms with Gasteiger partial charge in [-0.1, -0.05) is 29.8 Å². The van der Waals surface area contributed by atoms with Crippen LogP contribution in [0.3, 0.4) is 0 Å². The van der Waals surface area contributed by atoms with Gasteiger partial charge < -0.3 is 0 Å². The van der Waals surface area contributed by atoms with E-state index in [1.807, 2.05) is 41.1 Å². The van der Waals surface area contributed by atoms with Crippen LogP contribution in [0, 0.1) is 0 Å². The van der Waals surface area contributed by atoms with Crippen LogP contribution in [0.15, 0.2) is 46.5 Å². The minimum absolute atomic E-state index is 0.463. The second-order valence-corrected chi connectivity index (χ2v) is 7.98. The molecule has 0 saturated heterocycles. The SMILES string of the molecule is O=S(Cc1csc(-c2ccsc2)n1)Cc1ccccc1Cl. The normalized spacial score (nSPS) is 12.4. The van der Waals surface area contributed by atoms with Gasteiger partial charge in [0.15, 0.2) is 0 Å². The van der Waals surface area contributed by atoms with Crippen LogP contribution in [0.5, 0.6) is 0 Å². The maximum atomic E-state index is 12.2. The summed E-state index contributed by atoms with van der Waals surface area (Å²) in [5, 5.41) is 7.75. The average molecular weight is 354 g/mol. The van der Waals surface area contributed by atoms with E-state index in [4.69, 9.17) is 11.6 Å². The highest BCUT2D eigenvalue weighted by Crippen LogP contribution is 2.26. The van der Waals surface area contributed by atoms with Crippen molar-refractivity contribution in [3.05, 3.63) is 62.8 Å². The number of hydrogen-bond donors (Lipinski definition) is 0. The van der Waals surface area contributed by atoms with Crippen molar-refractivity contribution in [2.24, 2.45) is 0 Å². The number of aromatic nitrogens is 1. The molecule has 1 aromatic carbocycles. The average Bonchev–Trinajstić information content (AvgIpc) is 3.12. The third-order valence-electron chi connectivity index (χ3n) is 2.90. The van der Waals surface area contributed by atoms with E-state index in [1.165, 1.54) is 0 Å². The van der Waals surface area contributed by atoms with E-state index in [0.29, 0.717) is 16.5 Å². The van der Waals surface area contributed by atoms with Gasteiger partial charge in [-0.05, 0) is 23.1 Å². The third kappa shape index (κ3) is 3.80. The topological polar surface area (TPSA) is 30.0 Å². The summed E-state index contributed by atoms with van der Waals surface area (Å²) in [6, 6.07) is 9.58. The second kappa shape index (κ2) is 6.83. The molecule has 0 bridgehead atoms. The van der Waals surface area contributed by atoms with Gasteiger partial charge in [0.2, 0.25) is 0 Å². The van der Waals surface area contributed by atoms with Crippen molar-refractivity contribution in [2.45, 2.75) is 11.5 Å². The van der Waals surface area contributed by atoms with E-state index in [-0.39, 0.29) is 0 Å². The first-order valence-corrected chi connectivity index (χ1v) is 9.96. The summed E-state index contributed by atoms with van der Waals surface area (Å²) in [6.45, 7) is 0. The number of benzene rings is 1. The van der Waals surface area contributed by atoms with Crippen molar-refractivity contribution >= 4 is 45.1 Å². The van der Waals surface area contributed by atoms with Crippen LogP contribution in [-0.4, -0.2) is 9.19 Å². The Morgan fingerprint density at radius 1 is 1.14 bits per heavy atom. The highest BCUT2D eigenvalue weighted by Gasteiger charge is 2.10. The lowest BCUT2D eigenvalue weighted by Gasteiger charge is -2.03. The van der Waals surface area contributed by atoms with Crippen LogP contribution >= 0.6 is 34.3 Å². The Kier molecular flexibility index (Phi) is 4.85. The zero-order valence-corrected chi connectivity index (χ0v) is 14.2. The van der Waals surface area contributed by atoms with Gasteiger partial charge in [0, 0.05) is 32.1 Å². The fraction of sp³-hybridized carbons (Fsp3) is 0.133. The number of thiophene rings is 1. The lowest BCUT2D eigenvalue weighted by molar-refractivity contribution is 0.681. The molecule has 0 aliphatic carbocycles. The molecule has 0 aliphatic heterocycles. The lowest BCUT2D eigenvalue weighted by Crippen LogP contribution is -2.00. The number of nitrogens with zero attached hydrogens (tertiary/aromatic N) is 1. The molecule has 0 aliphatic rings. The van der Waals surface area contributed by atoms with E-state index in [9.17, 15) is 4.21 Å². The molecule has 0 spiro atoms. The number of halogens is 1. The van der Waals surface area contributed by atoms with Gasteiger partial charge in [-0.3, -0.25) is 4.21 Å². The van der Waals surface area contributed by atoms with Crippen molar-refractivity contribution < 1.29 is 4.21 Å². The van der Waals surface area contributed by atoms with Crippen LogP contribution in [0.4, 0.5) is 0 Å². The highest BCUT2D eigenvalue weighted by atomic mass is 35.5. The first-order valence-electron chi connectivity index (χ1n) is 6.28. The molecule has 21 heavy (non-hydrogen) atoms. The molecular formula is C15H12ClNOS3. The molecule has 2 heterocycles. The second-order valence-electron chi connectivity index (χ2n) is 4.48. The molecule has 2 aromatic heterocycles. The minimum atomic E-state index is -1.00. The standard InChI is InChI=1S/C15H12ClNOS3/c16-14-4-2-1-3-12(14)9-21(18)10-13-8-20-15(17-13)11-5-6-19-7-11/h1-8H,9-10H2. The molecule has 0 amide bonds. The van der Waals surface area contributed by atoms with Gasteiger partial charge in [-0.15, -0.1) is 11.3 Å². The van der Waals surface area contributed by atoms with Gasteiger partial charge >= 0.3 is 0 Å². The van der Waals surface area contributed by atoms with Crippen LogP contribution in [0.25, 0.3) is 10.6 Å². The summed E-state index contributed by atoms with van der Waals surface area (Å²) in [7, 11) is -1.00. The van der Waals surface area contributed by atoms with Crippen LogP contribution in [0.2, 0.25) is 5.02 Å². The molecule has 2 nitrogen and oxygen atoms in total. The van der Waals surface area contributed by atoms with Crippen molar-refractivity contribution in [1.29, 1.82) is 0 Å². The molecule has 0 saturated carbocycles. The molecule has 3 rings (SSSR count). The van der Waals surface area contributed by atoms with E-state index in [2.05, 4.69) is 10.4 Å². The molecule has 0 fully saturated rings. The predicted molar refractivity (Wildman–Crippen MR) is 92.4 cm³/mol. The fourth-order valence-corrected chi connectivity index (χ4v) is 4.99. The summed E-state index contributed by atoms with van der Waals surface area (Å²) in [5.41, 5.74) is 2.94. The number of thiazole rings is 1. The summed E-state index contributed by atoms with van der Waals surface area (Å²) in [6.07, 6.45) is 0. The maximum Gasteiger partial charge on any atom is 0.124 e. The van der Waals surface area contributed by atoms with Crippen LogP contribution < -0.4 is 0 Å². The van der Waals surface area contributed by atoms with Gasteiger partial charge in [-0.2, -0.15) is 11.3 Å². The highest BCUT2D eigenvalue weighted by molar-refractivity contribution is 7.83. The predicted octanol–water partition coefficient (Wildman–Crippen LogP) is 4.97. The Hall–Kier alpha value is -1.01. The van der Waals surface area contributed by atoms with Crippen molar-refractivity contribution in [1.82, 2.24) is 4.98 Å². The van der Waals surface area contributed by atoms with Crippen LogP contribution in [0.1, 0.15) is 11.3 Å². The molecule has 1 unspecified atom stereocenters. The van der Waals surface area contributed by atoms with E-state index >= 15 is 0 Å². The molecule has 6 heteroatoms. The van der Waals surface area contributed by atoms with Gasteiger partial charge in [0.25, 0.3) is 0 Å². The lowest BCUT2D eigenvalue weighted by atomic mass is 10.2. The van der Waals surface area contributed by atoms with Gasteiger partial charge in [-0.25, -0.2) is 4.98 Å². The van der Waals surface area contributed by atoms with Gasteiger partial charge in [0.1, 0.15) is 5.01 Å². The Morgan fingerprint density at radius 3 is 2.76 bits per heavy atom. The zero-order valence-electron chi connectivity index (χ0n) is 11.0. The monoisotopic (exact) mass is 353 g/mol. The van der Waals surface area contributed by atoms with E-state index in [0.717, 1.165) is 21.8 Å². The Balaban J connectivity index is 1.67. The molecule has 0 N–H and O–H groups in total. The van der Waals surface area contributed by atoms with Crippen molar-refractivity contribution in [3.63, 3.8) is 0 Å². The van der Waals surface area contributed by atoms with Crippen LogP contribution in [-0.2, 0) is 22.3 Å². The van der Waals surface area contributed by atoms with Crippen molar-refractivity contribution in [2.75, 3.05) is 0 Å². The smallest absolute Gasteiger partial charge is 0.124 e. The largest absolute Gasteiger partial charge is 0.259 e.